The zero-order chi connectivity index (χ0) is 11.7. The summed E-state index contributed by atoms with van der Waals surface area (Å²) in [7, 11) is 1.89. The van der Waals surface area contributed by atoms with Crippen molar-refractivity contribution in [2.75, 3.05) is 13.6 Å². The number of hydrogen-bond donors (Lipinski definition) is 0. The smallest absolute Gasteiger partial charge is 0.253 e. The van der Waals surface area contributed by atoms with E-state index in [2.05, 4.69) is 15.9 Å². The molecule has 1 aromatic carbocycles. The molecule has 0 aliphatic heterocycles. The molecule has 0 heterocycles. The molecule has 1 fully saturated rings. The standard InChI is InChI=1S/C13H16BrNO/c1-9-5-11(7-12(14)6-9)13(16)15(2)8-10-3-4-10/h5-7,10H,3-4,8H2,1-2H3. The van der Waals surface area contributed by atoms with Crippen molar-refractivity contribution < 1.29 is 4.79 Å². The summed E-state index contributed by atoms with van der Waals surface area (Å²) in [5.41, 5.74) is 1.88. The van der Waals surface area contributed by atoms with Gasteiger partial charge in [0, 0.05) is 23.6 Å². The van der Waals surface area contributed by atoms with Crippen molar-refractivity contribution in [3.05, 3.63) is 33.8 Å². The van der Waals surface area contributed by atoms with Crippen LogP contribution in [0.25, 0.3) is 0 Å². The van der Waals surface area contributed by atoms with Crippen molar-refractivity contribution in [3.8, 4) is 0 Å². The molecule has 1 amide bonds. The maximum Gasteiger partial charge on any atom is 0.253 e. The highest BCUT2D eigenvalue weighted by molar-refractivity contribution is 9.10. The third-order valence-electron chi connectivity index (χ3n) is 2.86. The minimum absolute atomic E-state index is 0.122. The van der Waals surface area contributed by atoms with Crippen LogP contribution in [0, 0.1) is 12.8 Å². The van der Waals surface area contributed by atoms with Crippen LogP contribution in [0.4, 0.5) is 0 Å². The Balaban J connectivity index is 2.12. The van der Waals surface area contributed by atoms with Gasteiger partial charge in [0.2, 0.25) is 0 Å². The summed E-state index contributed by atoms with van der Waals surface area (Å²) >= 11 is 3.42. The average Bonchev–Trinajstić information content (AvgIpc) is 2.99. The van der Waals surface area contributed by atoms with E-state index >= 15 is 0 Å². The SMILES string of the molecule is Cc1cc(Br)cc(C(=O)N(C)CC2CC2)c1. The first-order valence-electron chi connectivity index (χ1n) is 5.59. The molecule has 0 N–H and O–H groups in total. The number of carbonyl (C=O) groups is 1. The lowest BCUT2D eigenvalue weighted by Gasteiger charge is -2.17. The van der Waals surface area contributed by atoms with Gasteiger partial charge in [0.15, 0.2) is 0 Å². The third-order valence-corrected chi connectivity index (χ3v) is 3.32. The highest BCUT2D eigenvalue weighted by Gasteiger charge is 2.25. The second-order valence-corrected chi connectivity index (χ2v) is 5.56. The van der Waals surface area contributed by atoms with Gasteiger partial charge in [-0.15, -0.1) is 0 Å². The molecular formula is C13H16BrNO. The minimum atomic E-state index is 0.122. The van der Waals surface area contributed by atoms with E-state index in [1.54, 1.807) is 0 Å². The monoisotopic (exact) mass is 281 g/mol. The molecule has 2 nitrogen and oxygen atoms in total. The second-order valence-electron chi connectivity index (χ2n) is 4.65. The number of hydrogen-bond acceptors (Lipinski definition) is 1. The Morgan fingerprint density at radius 2 is 2.12 bits per heavy atom. The number of aryl methyl sites for hydroxylation is 1. The molecule has 0 atom stereocenters. The van der Waals surface area contributed by atoms with Crippen LogP contribution in [0.15, 0.2) is 22.7 Å². The van der Waals surface area contributed by atoms with Crippen molar-refractivity contribution >= 4 is 21.8 Å². The maximum absolute atomic E-state index is 12.1. The van der Waals surface area contributed by atoms with E-state index in [4.69, 9.17) is 0 Å². The Morgan fingerprint density at radius 1 is 1.44 bits per heavy atom. The van der Waals surface area contributed by atoms with Crippen LogP contribution in [0.5, 0.6) is 0 Å². The Hall–Kier alpha value is -0.830. The number of benzene rings is 1. The highest BCUT2D eigenvalue weighted by atomic mass is 79.9. The second kappa shape index (κ2) is 4.58. The first-order chi connectivity index (χ1) is 7.56. The topological polar surface area (TPSA) is 20.3 Å². The van der Waals surface area contributed by atoms with Crippen LogP contribution in [0.3, 0.4) is 0 Å². The molecule has 2 rings (SSSR count). The zero-order valence-electron chi connectivity index (χ0n) is 9.66. The molecule has 0 spiro atoms. The van der Waals surface area contributed by atoms with E-state index in [1.165, 1.54) is 12.8 Å². The normalized spacial score (nSPS) is 14.9. The van der Waals surface area contributed by atoms with Crippen LogP contribution >= 0.6 is 15.9 Å². The van der Waals surface area contributed by atoms with E-state index in [0.29, 0.717) is 0 Å². The molecule has 86 valence electrons. The van der Waals surface area contributed by atoms with Crippen LogP contribution < -0.4 is 0 Å². The summed E-state index contributed by atoms with van der Waals surface area (Å²) in [5, 5.41) is 0. The maximum atomic E-state index is 12.1. The van der Waals surface area contributed by atoms with Gasteiger partial charge in [0.1, 0.15) is 0 Å². The summed E-state index contributed by atoms with van der Waals surface area (Å²) in [4.78, 5) is 13.9. The number of rotatable bonds is 3. The predicted molar refractivity (Wildman–Crippen MR) is 68.6 cm³/mol. The van der Waals surface area contributed by atoms with Crippen molar-refractivity contribution in [2.24, 2.45) is 5.92 Å². The lowest BCUT2D eigenvalue weighted by atomic mass is 10.1. The molecule has 0 radical (unpaired) electrons. The van der Waals surface area contributed by atoms with Crippen molar-refractivity contribution in [1.29, 1.82) is 0 Å². The Morgan fingerprint density at radius 3 is 2.69 bits per heavy atom. The van der Waals surface area contributed by atoms with Crippen molar-refractivity contribution in [2.45, 2.75) is 19.8 Å². The largest absolute Gasteiger partial charge is 0.341 e. The summed E-state index contributed by atoms with van der Waals surface area (Å²) in [6.45, 7) is 2.90. The van der Waals surface area contributed by atoms with Crippen LogP contribution in [0.2, 0.25) is 0 Å². The van der Waals surface area contributed by atoms with Gasteiger partial charge in [-0.25, -0.2) is 0 Å². The molecule has 1 aliphatic carbocycles. The fraction of sp³-hybridized carbons (Fsp3) is 0.462. The van der Waals surface area contributed by atoms with E-state index in [1.807, 2.05) is 37.1 Å². The molecular weight excluding hydrogens is 266 g/mol. The van der Waals surface area contributed by atoms with E-state index in [9.17, 15) is 4.79 Å². The molecule has 0 bridgehead atoms. The van der Waals surface area contributed by atoms with E-state index < -0.39 is 0 Å². The third kappa shape index (κ3) is 2.85. The molecule has 3 heteroatoms. The fourth-order valence-electron chi connectivity index (χ4n) is 1.85. The van der Waals surface area contributed by atoms with Gasteiger partial charge in [0.05, 0.1) is 0 Å². The first kappa shape index (κ1) is 11.6. The molecule has 0 saturated heterocycles. The lowest BCUT2D eigenvalue weighted by Crippen LogP contribution is -2.28. The predicted octanol–water partition coefficient (Wildman–Crippen LogP) is 3.24. The Bertz CT molecular complexity index is 392. The Kier molecular flexibility index (Phi) is 3.33. The van der Waals surface area contributed by atoms with Crippen molar-refractivity contribution in [1.82, 2.24) is 4.90 Å². The molecule has 1 saturated carbocycles. The van der Waals surface area contributed by atoms with E-state index in [-0.39, 0.29) is 5.91 Å². The molecule has 16 heavy (non-hydrogen) atoms. The number of carbonyl (C=O) groups excluding carboxylic acids is 1. The number of halogens is 1. The summed E-state index contributed by atoms with van der Waals surface area (Å²) in [5.74, 6) is 0.860. The van der Waals surface area contributed by atoms with Gasteiger partial charge in [-0.3, -0.25) is 4.79 Å². The molecule has 1 aromatic rings. The van der Waals surface area contributed by atoms with Crippen LogP contribution in [-0.2, 0) is 0 Å². The molecule has 0 aromatic heterocycles. The van der Waals surface area contributed by atoms with Gasteiger partial charge in [-0.1, -0.05) is 15.9 Å². The molecule has 0 unspecified atom stereocenters. The summed E-state index contributed by atoms with van der Waals surface area (Å²) in [6.07, 6.45) is 2.55. The zero-order valence-corrected chi connectivity index (χ0v) is 11.3. The van der Waals surface area contributed by atoms with Gasteiger partial charge in [-0.2, -0.15) is 0 Å². The highest BCUT2D eigenvalue weighted by Crippen LogP contribution is 2.29. The first-order valence-corrected chi connectivity index (χ1v) is 6.38. The Labute approximate surface area is 105 Å². The van der Waals surface area contributed by atoms with Crippen molar-refractivity contribution in [3.63, 3.8) is 0 Å². The van der Waals surface area contributed by atoms with E-state index in [0.717, 1.165) is 28.1 Å². The summed E-state index contributed by atoms with van der Waals surface area (Å²) in [6, 6.07) is 5.84. The molecule has 1 aliphatic rings. The fourth-order valence-corrected chi connectivity index (χ4v) is 2.46. The van der Waals surface area contributed by atoms with Gasteiger partial charge >= 0.3 is 0 Å². The minimum Gasteiger partial charge on any atom is -0.341 e. The number of nitrogens with zero attached hydrogens (tertiary/aromatic N) is 1. The average molecular weight is 282 g/mol. The number of amides is 1. The summed E-state index contributed by atoms with van der Waals surface area (Å²) < 4.78 is 0.968. The van der Waals surface area contributed by atoms with Gasteiger partial charge in [-0.05, 0) is 49.4 Å². The van der Waals surface area contributed by atoms with Gasteiger partial charge in [0.25, 0.3) is 5.91 Å². The van der Waals surface area contributed by atoms with Crippen LogP contribution in [0.1, 0.15) is 28.8 Å². The van der Waals surface area contributed by atoms with Crippen LogP contribution in [-0.4, -0.2) is 24.4 Å². The lowest BCUT2D eigenvalue weighted by molar-refractivity contribution is 0.0788. The quantitative estimate of drug-likeness (QED) is 0.833. The van der Waals surface area contributed by atoms with Gasteiger partial charge < -0.3 is 4.90 Å².